The summed E-state index contributed by atoms with van der Waals surface area (Å²) >= 11 is 6.15. The Morgan fingerprint density at radius 1 is 1.07 bits per heavy atom. The van der Waals surface area contributed by atoms with Gasteiger partial charge < -0.3 is 0 Å². The molecule has 0 aliphatic heterocycles. The van der Waals surface area contributed by atoms with Crippen LogP contribution in [-0.2, 0) is 15.4 Å². The lowest BCUT2D eigenvalue weighted by Crippen LogP contribution is -2.16. The maximum absolute atomic E-state index is 13.0. The van der Waals surface area contributed by atoms with Gasteiger partial charge in [-0.05, 0) is 47.2 Å². The van der Waals surface area contributed by atoms with E-state index in [9.17, 15) is 8.42 Å². The van der Waals surface area contributed by atoms with E-state index in [1.807, 2.05) is 26.0 Å². The lowest BCUT2D eigenvalue weighted by atomic mass is 9.87. The molecule has 3 aromatic rings. The van der Waals surface area contributed by atoms with Crippen LogP contribution in [0.15, 0.2) is 53.6 Å². The van der Waals surface area contributed by atoms with Crippen LogP contribution in [0, 0.1) is 0 Å². The van der Waals surface area contributed by atoms with Gasteiger partial charge in [0, 0.05) is 5.02 Å². The second-order valence-electron chi connectivity index (χ2n) is 8.28. The smallest absolute Gasteiger partial charge is 0.261 e. The summed E-state index contributed by atoms with van der Waals surface area (Å²) in [5.41, 5.74) is 2.69. The zero-order valence-electron chi connectivity index (χ0n) is 17.1. The van der Waals surface area contributed by atoms with Crippen LogP contribution in [0.3, 0.4) is 0 Å². The molecular formula is C21H25ClN4O2S. The second kappa shape index (κ2) is 7.80. The van der Waals surface area contributed by atoms with E-state index in [0.29, 0.717) is 16.4 Å². The van der Waals surface area contributed by atoms with Gasteiger partial charge in [-0.2, -0.15) is 0 Å². The Bertz CT molecular complexity index is 1110. The van der Waals surface area contributed by atoms with E-state index in [4.69, 9.17) is 11.6 Å². The first-order valence-electron chi connectivity index (χ1n) is 9.33. The largest absolute Gasteiger partial charge is 0.277 e. The van der Waals surface area contributed by atoms with Crippen LogP contribution in [-0.4, -0.2) is 23.4 Å². The molecule has 0 unspecified atom stereocenters. The van der Waals surface area contributed by atoms with Crippen LogP contribution >= 0.6 is 11.6 Å². The fourth-order valence-corrected chi connectivity index (χ4v) is 4.02. The Hall–Kier alpha value is -2.38. The third kappa shape index (κ3) is 4.79. The summed E-state index contributed by atoms with van der Waals surface area (Å²) in [6.45, 7) is 10.3. The van der Waals surface area contributed by atoms with Crippen LogP contribution in [0.1, 0.15) is 51.8 Å². The number of hydrogen-bond acceptors (Lipinski definition) is 4. The summed E-state index contributed by atoms with van der Waals surface area (Å²) in [6.07, 6.45) is 1.77. The third-order valence-corrected chi connectivity index (χ3v) is 6.20. The number of rotatable bonds is 5. The molecule has 0 saturated carbocycles. The standard InChI is InChI=1S/C21H25ClN4O2S/c1-14(2)19-13-26(25-23-19)20-12-16(22)8-11-18(20)24-29(27,28)17-9-6-15(7-10-17)21(3,4)5/h6-14,24H,1-5H3. The van der Waals surface area contributed by atoms with Crippen molar-refractivity contribution in [2.75, 3.05) is 4.72 Å². The molecular weight excluding hydrogens is 408 g/mol. The van der Waals surface area contributed by atoms with Crippen molar-refractivity contribution < 1.29 is 8.42 Å². The molecule has 0 saturated heterocycles. The molecule has 154 valence electrons. The van der Waals surface area contributed by atoms with Crippen molar-refractivity contribution >= 4 is 27.3 Å². The summed E-state index contributed by atoms with van der Waals surface area (Å²) in [7, 11) is -3.78. The van der Waals surface area contributed by atoms with Crippen LogP contribution in [0.2, 0.25) is 5.02 Å². The van der Waals surface area contributed by atoms with E-state index < -0.39 is 10.0 Å². The van der Waals surface area contributed by atoms with Crippen molar-refractivity contribution in [3.8, 4) is 5.69 Å². The molecule has 8 heteroatoms. The first kappa shape index (κ1) is 21.3. The molecule has 1 aromatic heterocycles. The van der Waals surface area contributed by atoms with Gasteiger partial charge in [-0.3, -0.25) is 4.72 Å². The van der Waals surface area contributed by atoms with Gasteiger partial charge in [0.25, 0.3) is 10.0 Å². The van der Waals surface area contributed by atoms with Crippen LogP contribution < -0.4 is 4.72 Å². The van der Waals surface area contributed by atoms with E-state index in [1.165, 1.54) is 4.68 Å². The van der Waals surface area contributed by atoms with Crippen molar-refractivity contribution in [2.45, 2.75) is 50.8 Å². The maximum atomic E-state index is 13.0. The minimum absolute atomic E-state index is 0.0553. The van der Waals surface area contributed by atoms with E-state index in [-0.39, 0.29) is 16.2 Å². The number of aromatic nitrogens is 3. The predicted molar refractivity (Wildman–Crippen MR) is 116 cm³/mol. The van der Waals surface area contributed by atoms with Crippen molar-refractivity contribution in [3.63, 3.8) is 0 Å². The fourth-order valence-electron chi connectivity index (χ4n) is 2.78. The van der Waals surface area contributed by atoms with Gasteiger partial charge in [0.1, 0.15) is 0 Å². The number of anilines is 1. The number of halogens is 1. The highest BCUT2D eigenvalue weighted by Crippen LogP contribution is 2.28. The molecule has 0 aliphatic carbocycles. The quantitative estimate of drug-likeness (QED) is 0.605. The average Bonchev–Trinajstić information content (AvgIpc) is 3.13. The Morgan fingerprint density at radius 3 is 2.28 bits per heavy atom. The Labute approximate surface area is 177 Å². The van der Waals surface area contributed by atoms with Crippen LogP contribution in [0.5, 0.6) is 0 Å². The molecule has 29 heavy (non-hydrogen) atoms. The van der Waals surface area contributed by atoms with Gasteiger partial charge in [-0.25, -0.2) is 13.1 Å². The van der Waals surface area contributed by atoms with Crippen LogP contribution in [0.25, 0.3) is 5.69 Å². The maximum Gasteiger partial charge on any atom is 0.261 e. The minimum Gasteiger partial charge on any atom is -0.277 e. The van der Waals surface area contributed by atoms with Crippen LogP contribution in [0.4, 0.5) is 5.69 Å². The first-order chi connectivity index (χ1) is 13.5. The van der Waals surface area contributed by atoms with Gasteiger partial charge in [0.05, 0.1) is 28.2 Å². The summed E-state index contributed by atoms with van der Waals surface area (Å²) in [4.78, 5) is 0.188. The number of nitrogens with one attached hydrogen (secondary N) is 1. The SMILES string of the molecule is CC(C)c1cn(-c2cc(Cl)ccc2NS(=O)(=O)c2ccc(C(C)(C)C)cc2)nn1. The number of benzene rings is 2. The summed E-state index contributed by atoms with van der Waals surface area (Å²) in [5, 5.41) is 8.74. The molecule has 0 amide bonds. The Morgan fingerprint density at radius 2 is 1.72 bits per heavy atom. The Balaban J connectivity index is 1.97. The summed E-state index contributed by atoms with van der Waals surface area (Å²) in [6, 6.07) is 11.8. The number of nitrogens with zero attached hydrogens (tertiary/aromatic N) is 3. The molecule has 1 heterocycles. The molecule has 0 atom stereocenters. The van der Waals surface area contributed by atoms with Crippen molar-refractivity contribution in [3.05, 3.63) is 64.9 Å². The number of hydrogen-bond donors (Lipinski definition) is 1. The minimum atomic E-state index is -3.78. The monoisotopic (exact) mass is 432 g/mol. The lowest BCUT2D eigenvalue weighted by Gasteiger charge is -2.19. The normalized spacial score (nSPS) is 12.4. The molecule has 0 spiro atoms. The zero-order valence-corrected chi connectivity index (χ0v) is 18.7. The fraction of sp³-hybridized carbons (Fsp3) is 0.333. The van der Waals surface area contributed by atoms with Gasteiger partial charge >= 0.3 is 0 Å². The molecule has 0 bridgehead atoms. The van der Waals surface area contributed by atoms with E-state index >= 15 is 0 Å². The topological polar surface area (TPSA) is 76.9 Å². The van der Waals surface area contributed by atoms with E-state index in [2.05, 4.69) is 35.8 Å². The Kier molecular flexibility index (Phi) is 5.74. The molecule has 3 rings (SSSR count). The summed E-state index contributed by atoms with van der Waals surface area (Å²) < 4.78 is 30.1. The molecule has 2 aromatic carbocycles. The highest BCUT2D eigenvalue weighted by Gasteiger charge is 2.20. The van der Waals surface area contributed by atoms with Gasteiger partial charge in [-0.15, -0.1) is 5.10 Å². The first-order valence-corrected chi connectivity index (χ1v) is 11.2. The molecule has 0 aliphatic rings. The van der Waals surface area contributed by atoms with Gasteiger partial charge in [-0.1, -0.05) is 63.6 Å². The van der Waals surface area contributed by atoms with E-state index in [0.717, 1.165) is 11.3 Å². The predicted octanol–water partition coefficient (Wildman–Crippen LogP) is 5.14. The number of sulfonamides is 1. The van der Waals surface area contributed by atoms with Gasteiger partial charge in [0.2, 0.25) is 0 Å². The molecule has 1 N–H and O–H groups in total. The van der Waals surface area contributed by atoms with E-state index in [1.54, 1.807) is 36.5 Å². The zero-order chi connectivity index (χ0) is 21.4. The molecule has 0 radical (unpaired) electrons. The molecule has 0 fully saturated rings. The highest BCUT2D eigenvalue weighted by atomic mass is 35.5. The second-order valence-corrected chi connectivity index (χ2v) is 10.4. The lowest BCUT2D eigenvalue weighted by molar-refractivity contribution is 0.587. The van der Waals surface area contributed by atoms with Crippen molar-refractivity contribution in [1.29, 1.82) is 0 Å². The third-order valence-electron chi connectivity index (χ3n) is 4.58. The molecule has 6 nitrogen and oxygen atoms in total. The highest BCUT2D eigenvalue weighted by molar-refractivity contribution is 7.92. The van der Waals surface area contributed by atoms with Crippen molar-refractivity contribution in [1.82, 2.24) is 15.0 Å². The van der Waals surface area contributed by atoms with Gasteiger partial charge in [0.15, 0.2) is 0 Å². The summed E-state index contributed by atoms with van der Waals surface area (Å²) in [5.74, 6) is 0.199. The average molecular weight is 433 g/mol. The van der Waals surface area contributed by atoms with Crippen molar-refractivity contribution in [2.24, 2.45) is 0 Å².